The summed E-state index contributed by atoms with van der Waals surface area (Å²) >= 11 is 0. The van der Waals surface area contributed by atoms with Crippen LogP contribution in [0.4, 0.5) is 5.69 Å². The zero-order valence-corrected chi connectivity index (χ0v) is 24.0. The summed E-state index contributed by atoms with van der Waals surface area (Å²) in [5, 5.41) is 4.11. The number of fused-ring (bicyclic) bond motifs is 6. The number of benzene rings is 4. The van der Waals surface area contributed by atoms with Crippen molar-refractivity contribution < 1.29 is 0 Å². The fraction of sp³-hybridized carbons (Fsp3) is 0.0263. The molecule has 0 spiro atoms. The number of rotatable bonds is 5. The van der Waals surface area contributed by atoms with Crippen molar-refractivity contribution in [2.75, 3.05) is 0 Å². The van der Waals surface area contributed by atoms with Gasteiger partial charge in [0, 0.05) is 44.4 Å². The van der Waals surface area contributed by atoms with Crippen LogP contribution in [0.1, 0.15) is 12.5 Å². The molecule has 0 aliphatic rings. The van der Waals surface area contributed by atoms with Gasteiger partial charge >= 0.3 is 0 Å². The van der Waals surface area contributed by atoms with E-state index in [1.807, 2.05) is 85.9 Å². The molecule has 0 fully saturated rings. The van der Waals surface area contributed by atoms with Gasteiger partial charge in [0.25, 0.3) is 0 Å². The molecule has 0 bridgehead atoms. The summed E-state index contributed by atoms with van der Waals surface area (Å²) in [6.45, 7) is 5.91. The molecule has 0 saturated heterocycles. The van der Waals surface area contributed by atoms with Crippen molar-refractivity contribution in [3.05, 3.63) is 127 Å². The molecule has 44 heavy (non-hydrogen) atoms. The van der Waals surface area contributed by atoms with Crippen LogP contribution in [0.2, 0.25) is 0 Å². The number of hydrogen-bond acceptors (Lipinski definition) is 5. The maximum Gasteiger partial charge on any atom is 0.160 e. The number of pyridine rings is 2. The van der Waals surface area contributed by atoms with Gasteiger partial charge in [0.2, 0.25) is 0 Å². The van der Waals surface area contributed by atoms with E-state index >= 15 is 0 Å². The number of aliphatic imine (C=N–C) groups is 1. The molecule has 4 aromatic heterocycles. The van der Waals surface area contributed by atoms with E-state index in [-0.39, 0.29) is 0 Å². The largest absolute Gasteiger partial charge is 0.278 e. The summed E-state index contributed by atoms with van der Waals surface area (Å²) in [7, 11) is 0. The lowest BCUT2D eigenvalue weighted by atomic mass is 9.99. The Morgan fingerprint density at radius 2 is 1.52 bits per heavy atom. The van der Waals surface area contributed by atoms with E-state index < -0.39 is 0 Å². The molecule has 0 atom stereocenters. The molecule has 8 aromatic rings. The van der Waals surface area contributed by atoms with Crippen LogP contribution in [-0.4, -0.2) is 31.2 Å². The van der Waals surface area contributed by atoms with Gasteiger partial charge in [-0.3, -0.25) is 9.56 Å². The van der Waals surface area contributed by atoms with Crippen LogP contribution in [0.25, 0.3) is 78.3 Å². The van der Waals surface area contributed by atoms with Crippen LogP contribution in [0.5, 0.6) is 0 Å². The van der Waals surface area contributed by atoms with Gasteiger partial charge in [0.1, 0.15) is 17.0 Å². The van der Waals surface area contributed by atoms with Crippen molar-refractivity contribution in [3.8, 4) is 28.5 Å². The molecule has 0 amide bonds. The van der Waals surface area contributed by atoms with Crippen molar-refractivity contribution >= 4 is 62.2 Å². The predicted molar refractivity (Wildman–Crippen MR) is 182 cm³/mol. The molecule has 0 aliphatic heterocycles. The molecule has 4 heterocycles. The highest BCUT2D eigenvalue weighted by Crippen LogP contribution is 2.39. The van der Waals surface area contributed by atoms with Crippen LogP contribution in [0.15, 0.2) is 126 Å². The quantitative estimate of drug-likeness (QED) is 0.154. The van der Waals surface area contributed by atoms with Crippen molar-refractivity contribution in [1.82, 2.24) is 24.5 Å². The molecule has 208 valence electrons. The first-order valence-corrected chi connectivity index (χ1v) is 14.5. The minimum absolute atomic E-state index is 0.623. The van der Waals surface area contributed by atoms with E-state index in [1.165, 1.54) is 0 Å². The Kier molecular flexibility index (Phi) is 6.05. The van der Waals surface area contributed by atoms with Gasteiger partial charge in [-0.2, -0.15) is 0 Å². The van der Waals surface area contributed by atoms with Gasteiger partial charge in [-0.15, -0.1) is 0 Å². The van der Waals surface area contributed by atoms with Gasteiger partial charge < -0.3 is 0 Å². The van der Waals surface area contributed by atoms with Crippen molar-refractivity contribution in [3.63, 3.8) is 0 Å². The van der Waals surface area contributed by atoms with Crippen LogP contribution in [0, 0.1) is 0 Å². The lowest BCUT2D eigenvalue weighted by molar-refractivity contribution is 1.07. The molecule has 6 heteroatoms. The first-order valence-electron chi connectivity index (χ1n) is 14.5. The number of para-hydroxylation sites is 2. The fourth-order valence-electron chi connectivity index (χ4n) is 6.08. The number of hydrogen-bond donors (Lipinski definition) is 0. The predicted octanol–water partition coefficient (Wildman–Crippen LogP) is 9.37. The minimum Gasteiger partial charge on any atom is -0.278 e. The van der Waals surface area contributed by atoms with Gasteiger partial charge in [-0.05, 0) is 50.0 Å². The third kappa shape index (κ3) is 4.00. The van der Waals surface area contributed by atoms with E-state index in [1.54, 1.807) is 0 Å². The molecule has 0 radical (unpaired) electrons. The second-order valence-corrected chi connectivity index (χ2v) is 10.6. The zero-order valence-electron chi connectivity index (χ0n) is 24.0. The maximum atomic E-state index is 5.29. The molecule has 4 aromatic carbocycles. The zero-order chi connectivity index (χ0) is 29.6. The molecular formula is C38H26N6. The van der Waals surface area contributed by atoms with E-state index in [4.69, 9.17) is 19.9 Å². The van der Waals surface area contributed by atoms with E-state index in [0.717, 1.165) is 77.6 Å². The topological polar surface area (TPSA) is 68.8 Å². The Hall–Kier alpha value is -6.01. The first-order chi connectivity index (χ1) is 21.7. The van der Waals surface area contributed by atoms with Crippen molar-refractivity contribution in [2.24, 2.45) is 4.99 Å². The summed E-state index contributed by atoms with van der Waals surface area (Å²) in [6.07, 6.45) is 5.87. The third-order valence-electron chi connectivity index (χ3n) is 8.03. The Labute approximate surface area is 253 Å². The third-order valence-corrected chi connectivity index (χ3v) is 8.03. The molecular weight excluding hydrogens is 540 g/mol. The van der Waals surface area contributed by atoms with Gasteiger partial charge in [-0.25, -0.2) is 19.9 Å². The molecule has 0 N–H and O–H groups in total. The standard InChI is InChI=1S/C38H26N6/c1-3-11-24-14-9-16-29(33(24)39-2)35-30-21-19-25-20-22-32(41-34(25)36(30)43-37(42-35)26-12-5-4-6-13-26)44-31-18-8-7-15-27(31)28-17-10-23-40-38(28)44/h3-23H,2H2,1H3/b11-3-. The lowest BCUT2D eigenvalue weighted by Crippen LogP contribution is -2.01. The van der Waals surface area contributed by atoms with Gasteiger partial charge in [0.15, 0.2) is 5.82 Å². The molecule has 6 nitrogen and oxygen atoms in total. The highest BCUT2D eigenvalue weighted by Gasteiger charge is 2.19. The number of aromatic nitrogens is 5. The summed E-state index contributed by atoms with van der Waals surface area (Å²) in [5.74, 6) is 1.40. The average molecular weight is 567 g/mol. The normalized spacial score (nSPS) is 11.8. The Bertz CT molecular complexity index is 2370. The van der Waals surface area contributed by atoms with Crippen LogP contribution < -0.4 is 0 Å². The van der Waals surface area contributed by atoms with Gasteiger partial charge in [-0.1, -0.05) is 84.9 Å². The maximum absolute atomic E-state index is 5.29. The summed E-state index contributed by atoms with van der Waals surface area (Å²) in [5.41, 5.74) is 7.84. The highest BCUT2D eigenvalue weighted by molar-refractivity contribution is 6.10. The SMILES string of the molecule is C=Nc1c(/C=C\C)cccc1-c1nc(-c2ccccc2)nc2c1ccc1ccc(-n3c4ccccc4c4cccnc43)nc12. The molecule has 8 rings (SSSR count). The fourth-order valence-corrected chi connectivity index (χ4v) is 6.08. The Morgan fingerprint density at radius 1 is 0.705 bits per heavy atom. The lowest BCUT2D eigenvalue weighted by Gasteiger charge is -2.14. The van der Waals surface area contributed by atoms with E-state index in [0.29, 0.717) is 5.82 Å². The number of nitrogens with zero attached hydrogens (tertiary/aromatic N) is 6. The monoisotopic (exact) mass is 566 g/mol. The average Bonchev–Trinajstić information content (AvgIpc) is 3.42. The summed E-state index contributed by atoms with van der Waals surface area (Å²) in [6, 6.07) is 36.9. The van der Waals surface area contributed by atoms with Crippen LogP contribution in [-0.2, 0) is 0 Å². The minimum atomic E-state index is 0.623. The van der Waals surface area contributed by atoms with E-state index in [9.17, 15) is 0 Å². The van der Waals surface area contributed by atoms with Crippen molar-refractivity contribution in [1.29, 1.82) is 0 Å². The van der Waals surface area contributed by atoms with E-state index in [2.05, 4.69) is 64.8 Å². The highest BCUT2D eigenvalue weighted by atomic mass is 15.1. The first kappa shape index (κ1) is 25.7. The summed E-state index contributed by atoms with van der Waals surface area (Å²) in [4.78, 5) is 24.8. The molecule has 0 unspecified atom stereocenters. The van der Waals surface area contributed by atoms with Gasteiger partial charge in [0.05, 0.1) is 22.4 Å². The van der Waals surface area contributed by atoms with Crippen LogP contribution in [0.3, 0.4) is 0 Å². The molecule has 0 saturated carbocycles. The van der Waals surface area contributed by atoms with Crippen LogP contribution >= 0.6 is 0 Å². The molecule has 0 aliphatic carbocycles. The summed E-state index contributed by atoms with van der Waals surface area (Å²) < 4.78 is 2.13. The Morgan fingerprint density at radius 3 is 2.39 bits per heavy atom. The smallest absolute Gasteiger partial charge is 0.160 e. The van der Waals surface area contributed by atoms with Crippen molar-refractivity contribution in [2.45, 2.75) is 6.92 Å². The second kappa shape index (κ2) is 10.4. The second-order valence-electron chi connectivity index (χ2n) is 10.6. The number of allylic oxidation sites excluding steroid dienone is 1. The Balaban J connectivity index is 1.47.